The second-order valence-electron chi connectivity index (χ2n) is 9.50. The molecule has 1 fully saturated rings. The Hall–Kier alpha value is -3.60. The van der Waals surface area contributed by atoms with E-state index in [4.69, 9.17) is 23.7 Å². The molecule has 1 aliphatic heterocycles. The monoisotopic (exact) mass is 549 g/mol. The third-order valence-electron chi connectivity index (χ3n) is 6.35. The van der Waals surface area contributed by atoms with Crippen molar-refractivity contribution in [2.24, 2.45) is 0 Å². The summed E-state index contributed by atoms with van der Waals surface area (Å²) in [6.07, 6.45) is -3.31. The minimum atomic E-state index is -1.14. The molecule has 1 aliphatic rings. The van der Waals surface area contributed by atoms with Gasteiger partial charge in [-0.15, -0.1) is 0 Å². The predicted octanol–water partition coefficient (Wildman–Crippen LogP) is 3.70. The highest BCUT2D eigenvalue weighted by Crippen LogP contribution is 2.29. The highest BCUT2D eigenvalue weighted by molar-refractivity contribution is 5.73. The molecular formula is C31H35NO8. The van der Waals surface area contributed by atoms with Crippen LogP contribution in [-0.2, 0) is 53.1 Å². The van der Waals surface area contributed by atoms with E-state index in [1.165, 1.54) is 6.92 Å². The quantitative estimate of drug-likeness (QED) is 0.313. The zero-order valence-electron chi connectivity index (χ0n) is 22.4. The van der Waals surface area contributed by atoms with E-state index in [0.29, 0.717) is 6.61 Å². The van der Waals surface area contributed by atoms with Crippen LogP contribution in [0.15, 0.2) is 91.0 Å². The van der Waals surface area contributed by atoms with E-state index in [2.05, 4.69) is 5.32 Å². The van der Waals surface area contributed by atoms with Gasteiger partial charge in [0, 0.05) is 6.92 Å². The number of carbonyl (C=O) groups excluding carboxylic acids is 1. The summed E-state index contributed by atoms with van der Waals surface area (Å²) in [5.74, 6) is -1.49. The molecule has 5 atom stereocenters. The van der Waals surface area contributed by atoms with Crippen molar-refractivity contribution < 1.29 is 38.4 Å². The molecule has 0 aliphatic carbocycles. The van der Waals surface area contributed by atoms with Gasteiger partial charge in [-0.25, -0.2) is 4.79 Å². The van der Waals surface area contributed by atoms with Crippen molar-refractivity contribution >= 4 is 11.9 Å². The Morgan fingerprint density at radius 1 is 0.750 bits per heavy atom. The van der Waals surface area contributed by atoms with Gasteiger partial charge in [0.05, 0.1) is 26.4 Å². The molecule has 3 aromatic carbocycles. The van der Waals surface area contributed by atoms with Crippen LogP contribution < -0.4 is 5.32 Å². The van der Waals surface area contributed by atoms with Gasteiger partial charge in [-0.1, -0.05) is 91.0 Å². The Morgan fingerprint density at radius 2 is 1.27 bits per heavy atom. The number of hydrogen-bond acceptors (Lipinski definition) is 7. The van der Waals surface area contributed by atoms with Crippen LogP contribution in [0.3, 0.4) is 0 Å². The predicted molar refractivity (Wildman–Crippen MR) is 146 cm³/mol. The number of amides is 1. The molecule has 2 N–H and O–H groups in total. The maximum atomic E-state index is 12.3. The SMILES string of the molecule is CC(=O)N[C@@H]1[C@@H](OCc2ccccc2)O[C@H](COCc2ccccc2)[C@@H](OCc2ccccc2)[C@@H]1OCC(=O)O. The topological polar surface area (TPSA) is 113 Å². The summed E-state index contributed by atoms with van der Waals surface area (Å²) < 4.78 is 30.8. The van der Waals surface area contributed by atoms with Gasteiger partial charge in [0.25, 0.3) is 0 Å². The van der Waals surface area contributed by atoms with Crippen molar-refractivity contribution in [3.63, 3.8) is 0 Å². The summed E-state index contributed by atoms with van der Waals surface area (Å²) >= 11 is 0. The number of benzene rings is 3. The molecule has 212 valence electrons. The first-order chi connectivity index (χ1) is 19.5. The van der Waals surface area contributed by atoms with Gasteiger partial charge in [0.2, 0.25) is 5.91 Å². The number of carboxylic acid groups (broad SMARTS) is 1. The highest BCUT2D eigenvalue weighted by atomic mass is 16.7. The number of aliphatic carboxylic acids is 1. The second-order valence-corrected chi connectivity index (χ2v) is 9.50. The van der Waals surface area contributed by atoms with Crippen molar-refractivity contribution in [3.05, 3.63) is 108 Å². The van der Waals surface area contributed by atoms with Crippen LogP contribution >= 0.6 is 0 Å². The standard InChI is InChI=1S/C31H35NO8/c1-22(33)32-28-30(38-21-27(34)35)29(37-18-24-13-7-3-8-14-24)26(20-36-17-23-11-5-2-6-12-23)40-31(28)39-19-25-15-9-4-10-16-25/h2-16,26,28-31H,17-21H2,1H3,(H,32,33)(H,34,35)/t26-,28+,29-,30-,31+/m1/s1. The first-order valence-electron chi connectivity index (χ1n) is 13.2. The summed E-state index contributed by atoms with van der Waals surface area (Å²) in [4.78, 5) is 23.8. The Morgan fingerprint density at radius 3 is 1.80 bits per heavy atom. The molecule has 4 rings (SSSR count). The minimum Gasteiger partial charge on any atom is -0.480 e. The Kier molecular flexibility index (Phi) is 11.2. The molecule has 1 amide bonds. The lowest BCUT2D eigenvalue weighted by Crippen LogP contribution is -2.66. The zero-order valence-corrected chi connectivity index (χ0v) is 22.4. The van der Waals surface area contributed by atoms with Crippen LogP contribution in [0.4, 0.5) is 0 Å². The van der Waals surface area contributed by atoms with E-state index in [9.17, 15) is 14.7 Å². The molecule has 0 unspecified atom stereocenters. The minimum absolute atomic E-state index is 0.124. The van der Waals surface area contributed by atoms with Gasteiger partial charge >= 0.3 is 5.97 Å². The number of nitrogens with one attached hydrogen (secondary N) is 1. The fraction of sp³-hybridized carbons (Fsp3) is 0.355. The fourth-order valence-electron chi connectivity index (χ4n) is 4.52. The van der Waals surface area contributed by atoms with E-state index in [1.807, 2.05) is 91.0 Å². The van der Waals surface area contributed by atoms with Crippen molar-refractivity contribution in [1.82, 2.24) is 5.32 Å². The van der Waals surface area contributed by atoms with Gasteiger partial charge in [-0.05, 0) is 16.7 Å². The first kappa shape index (κ1) is 29.4. The van der Waals surface area contributed by atoms with Crippen molar-refractivity contribution in [2.75, 3.05) is 13.2 Å². The molecule has 0 bridgehead atoms. The normalized spacial score (nSPS) is 22.5. The van der Waals surface area contributed by atoms with Crippen molar-refractivity contribution in [1.29, 1.82) is 0 Å². The summed E-state index contributed by atoms with van der Waals surface area (Å²) in [5.41, 5.74) is 2.82. The molecule has 1 heterocycles. The van der Waals surface area contributed by atoms with Crippen LogP contribution in [0.25, 0.3) is 0 Å². The lowest BCUT2D eigenvalue weighted by atomic mass is 9.96. The molecule has 0 radical (unpaired) electrons. The van der Waals surface area contributed by atoms with Gasteiger partial charge in [0.1, 0.15) is 31.0 Å². The van der Waals surface area contributed by atoms with Gasteiger partial charge in [-0.3, -0.25) is 4.79 Å². The highest BCUT2D eigenvalue weighted by Gasteiger charge is 2.49. The molecule has 0 saturated carbocycles. The van der Waals surface area contributed by atoms with Crippen molar-refractivity contribution in [3.8, 4) is 0 Å². The van der Waals surface area contributed by atoms with Gasteiger partial charge in [-0.2, -0.15) is 0 Å². The maximum Gasteiger partial charge on any atom is 0.329 e. The van der Waals surface area contributed by atoms with E-state index in [1.54, 1.807) is 0 Å². The molecule has 1 saturated heterocycles. The molecule has 40 heavy (non-hydrogen) atoms. The summed E-state index contributed by atoms with van der Waals surface area (Å²) in [7, 11) is 0. The van der Waals surface area contributed by atoms with E-state index < -0.39 is 43.2 Å². The lowest BCUT2D eigenvalue weighted by Gasteiger charge is -2.46. The van der Waals surface area contributed by atoms with Crippen LogP contribution in [-0.4, -0.2) is 60.8 Å². The van der Waals surface area contributed by atoms with Gasteiger partial charge < -0.3 is 34.1 Å². The number of rotatable bonds is 14. The van der Waals surface area contributed by atoms with Crippen LogP contribution in [0.1, 0.15) is 23.6 Å². The molecule has 3 aromatic rings. The molecule has 0 spiro atoms. The zero-order chi connectivity index (χ0) is 28.2. The maximum absolute atomic E-state index is 12.3. The lowest BCUT2D eigenvalue weighted by molar-refractivity contribution is -0.291. The summed E-state index contributed by atoms with van der Waals surface area (Å²) in [6, 6.07) is 28.0. The van der Waals surface area contributed by atoms with Crippen LogP contribution in [0.5, 0.6) is 0 Å². The van der Waals surface area contributed by atoms with Crippen LogP contribution in [0, 0.1) is 0 Å². The Balaban J connectivity index is 1.59. The van der Waals surface area contributed by atoms with E-state index in [-0.39, 0.29) is 25.7 Å². The van der Waals surface area contributed by atoms with Gasteiger partial charge in [0.15, 0.2) is 6.29 Å². The Bertz CT molecular complexity index is 1180. The first-order valence-corrected chi connectivity index (χ1v) is 13.2. The molecule has 0 aromatic heterocycles. The van der Waals surface area contributed by atoms with E-state index >= 15 is 0 Å². The Labute approximate surface area is 234 Å². The van der Waals surface area contributed by atoms with E-state index in [0.717, 1.165) is 16.7 Å². The summed E-state index contributed by atoms with van der Waals surface area (Å²) in [6.45, 7) is 1.68. The molecule has 9 heteroatoms. The third-order valence-corrected chi connectivity index (χ3v) is 6.35. The molecular weight excluding hydrogens is 514 g/mol. The summed E-state index contributed by atoms with van der Waals surface area (Å²) in [5, 5.41) is 12.3. The van der Waals surface area contributed by atoms with Crippen LogP contribution in [0.2, 0.25) is 0 Å². The number of ether oxygens (including phenoxy) is 5. The average molecular weight is 550 g/mol. The number of carboxylic acids is 1. The fourth-order valence-corrected chi connectivity index (χ4v) is 4.52. The second kappa shape index (κ2) is 15.3. The van der Waals surface area contributed by atoms with Crippen molar-refractivity contribution in [2.45, 2.75) is 57.4 Å². The number of hydrogen-bond donors (Lipinski definition) is 2. The smallest absolute Gasteiger partial charge is 0.329 e. The average Bonchev–Trinajstić information content (AvgIpc) is 2.96. The third kappa shape index (κ3) is 8.97. The molecule has 9 nitrogen and oxygen atoms in total. The largest absolute Gasteiger partial charge is 0.480 e. The number of carbonyl (C=O) groups is 2.